The highest BCUT2D eigenvalue weighted by Crippen LogP contribution is 2.25. The Labute approximate surface area is 183 Å². The Morgan fingerprint density at radius 3 is 2.47 bits per heavy atom. The normalized spacial score (nSPS) is 12.5. The zero-order chi connectivity index (χ0) is 21.5. The van der Waals surface area contributed by atoms with Gasteiger partial charge in [-0.15, -0.1) is 0 Å². The summed E-state index contributed by atoms with van der Waals surface area (Å²) in [7, 11) is 0. The van der Waals surface area contributed by atoms with E-state index in [2.05, 4.69) is 43.3 Å². The van der Waals surface area contributed by atoms with E-state index in [1.165, 1.54) is 16.7 Å². The quantitative estimate of drug-likeness (QED) is 0.236. The lowest BCUT2D eigenvalue weighted by Gasteiger charge is -2.18. The van der Waals surface area contributed by atoms with E-state index in [0.29, 0.717) is 17.2 Å². The molecule has 0 aliphatic heterocycles. The predicted molar refractivity (Wildman–Crippen MR) is 124 cm³/mol. The average molecular weight is 420 g/mol. The van der Waals surface area contributed by atoms with Crippen LogP contribution in [-0.4, -0.2) is 18.6 Å². The average Bonchev–Trinajstić information content (AvgIpc) is 2.75. The smallest absolute Gasteiger partial charge is 0.150 e. The molecule has 0 spiro atoms. The summed E-state index contributed by atoms with van der Waals surface area (Å²) in [4.78, 5) is 16.6. The van der Waals surface area contributed by atoms with Crippen LogP contribution in [0.1, 0.15) is 51.0 Å². The van der Waals surface area contributed by atoms with Crippen molar-refractivity contribution in [2.45, 2.75) is 33.1 Å². The van der Waals surface area contributed by atoms with Crippen LogP contribution in [0.5, 0.6) is 0 Å². The Morgan fingerprint density at radius 2 is 1.80 bits per heavy atom. The molecule has 4 heteroatoms. The van der Waals surface area contributed by atoms with Gasteiger partial charge in [-0.3, -0.25) is 4.79 Å². The van der Waals surface area contributed by atoms with Crippen LogP contribution in [-0.2, 0) is 11.3 Å². The van der Waals surface area contributed by atoms with Gasteiger partial charge in [0.2, 0.25) is 0 Å². The second-order valence-electron chi connectivity index (χ2n) is 7.59. The fourth-order valence-electron chi connectivity index (χ4n) is 3.33. The van der Waals surface area contributed by atoms with Crippen LogP contribution in [0, 0.1) is 13.8 Å². The molecule has 1 unspecified atom stereocenters. The van der Waals surface area contributed by atoms with Crippen molar-refractivity contribution < 1.29 is 9.63 Å². The molecule has 0 aliphatic rings. The third kappa shape index (κ3) is 5.80. The molecule has 0 amide bonds. The Hall–Kier alpha value is -2.91. The van der Waals surface area contributed by atoms with Crippen molar-refractivity contribution in [1.29, 1.82) is 0 Å². The van der Waals surface area contributed by atoms with E-state index in [4.69, 9.17) is 16.4 Å². The minimum atomic E-state index is 0.125. The second kappa shape index (κ2) is 10.2. The first-order chi connectivity index (χ1) is 14.5. The van der Waals surface area contributed by atoms with Gasteiger partial charge in [0.1, 0.15) is 12.9 Å². The number of aldehydes is 1. The number of halogens is 1. The van der Waals surface area contributed by atoms with Gasteiger partial charge < -0.3 is 4.84 Å². The molecule has 0 saturated heterocycles. The molecule has 0 bridgehead atoms. The lowest BCUT2D eigenvalue weighted by Crippen LogP contribution is -2.11. The summed E-state index contributed by atoms with van der Waals surface area (Å²) in [5.74, 6) is 0.125. The highest BCUT2D eigenvalue weighted by Gasteiger charge is 2.15. The van der Waals surface area contributed by atoms with Crippen molar-refractivity contribution in [3.63, 3.8) is 0 Å². The number of hydrogen-bond acceptors (Lipinski definition) is 3. The molecule has 3 aromatic rings. The molecule has 0 saturated carbocycles. The minimum absolute atomic E-state index is 0.125. The summed E-state index contributed by atoms with van der Waals surface area (Å²) >= 11 is 6.23. The molecule has 0 N–H and O–H groups in total. The Bertz CT molecular complexity index is 1040. The largest absolute Gasteiger partial charge is 0.395 e. The first-order valence-corrected chi connectivity index (χ1v) is 10.4. The lowest BCUT2D eigenvalue weighted by atomic mass is 9.91. The predicted octanol–water partition coefficient (Wildman–Crippen LogP) is 6.54. The molecule has 0 aliphatic carbocycles. The number of nitrogens with zero attached hydrogens (tertiary/aromatic N) is 1. The number of aryl methyl sites for hydroxylation is 2. The summed E-state index contributed by atoms with van der Waals surface area (Å²) in [6.07, 6.45) is 1.67. The number of benzene rings is 3. The number of oxime groups is 1. The van der Waals surface area contributed by atoms with Gasteiger partial charge in [-0.25, -0.2) is 0 Å². The lowest BCUT2D eigenvalue weighted by molar-refractivity contribution is 0.112. The molecule has 3 nitrogen and oxygen atoms in total. The molecule has 0 aromatic heterocycles. The molecule has 0 fully saturated rings. The van der Waals surface area contributed by atoms with E-state index < -0.39 is 0 Å². The maximum Gasteiger partial charge on any atom is 0.150 e. The highest BCUT2D eigenvalue weighted by atomic mass is 35.5. The Balaban J connectivity index is 1.76. The monoisotopic (exact) mass is 419 g/mol. The summed E-state index contributed by atoms with van der Waals surface area (Å²) in [5, 5.41) is 5.02. The van der Waals surface area contributed by atoms with Crippen molar-refractivity contribution in [2.75, 3.05) is 6.61 Å². The maximum atomic E-state index is 10.8. The van der Waals surface area contributed by atoms with Gasteiger partial charge in [-0.1, -0.05) is 71.4 Å². The van der Waals surface area contributed by atoms with E-state index in [1.54, 1.807) is 12.1 Å². The van der Waals surface area contributed by atoms with Gasteiger partial charge in [0.15, 0.2) is 0 Å². The van der Waals surface area contributed by atoms with E-state index >= 15 is 0 Å². The van der Waals surface area contributed by atoms with Crippen LogP contribution in [0.25, 0.3) is 0 Å². The SMILES string of the molecule is C/C(=N\OCC(Cc1ccc(C)c(C)c1)c1cccc(Cl)c1)c1ccc(C=O)cc1. The highest BCUT2D eigenvalue weighted by molar-refractivity contribution is 6.30. The van der Waals surface area contributed by atoms with Crippen LogP contribution < -0.4 is 0 Å². The first kappa shape index (κ1) is 21.8. The van der Waals surface area contributed by atoms with Gasteiger partial charge in [0, 0.05) is 16.5 Å². The van der Waals surface area contributed by atoms with E-state index in [0.717, 1.165) is 29.5 Å². The number of hydrogen-bond donors (Lipinski definition) is 0. The van der Waals surface area contributed by atoms with Gasteiger partial charge in [0.25, 0.3) is 0 Å². The number of carbonyl (C=O) groups excluding carboxylic acids is 1. The molecule has 0 heterocycles. The topological polar surface area (TPSA) is 38.7 Å². The Kier molecular flexibility index (Phi) is 7.42. The fraction of sp³-hybridized carbons (Fsp3) is 0.231. The van der Waals surface area contributed by atoms with Gasteiger partial charge in [-0.2, -0.15) is 0 Å². The summed E-state index contributed by atoms with van der Waals surface area (Å²) in [6, 6.07) is 21.8. The van der Waals surface area contributed by atoms with Crippen LogP contribution in [0.15, 0.2) is 71.9 Å². The zero-order valence-corrected chi connectivity index (χ0v) is 18.3. The van der Waals surface area contributed by atoms with Crippen LogP contribution in [0.4, 0.5) is 0 Å². The maximum absolute atomic E-state index is 10.8. The molecular formula is C26H26ClNO2. The van der Waals surface area contributed by atoms with Crippen LogP contribution in [0.3, 0.4) is 0 Å². The molecule has 154 valence electrons. The first-order valence-electron chi connectivity index (χ1n) is 10.00. The van der Waals surface area contributed by atoms with Gasteiger partial charge in [-0.05, 0) is 67.1 Å². The zero-order valence-electron chi connectivity index (χ0n) is 17.6. The molecule has 0 radical (unpaired) electrons. The van der Waals surface area contributed by atoms with Crippen molar-refractivity contribution in [3.05, 3.63) is 105 Å². The van der Waals surface area contributed by atoms with Crippen molar-refractivity contribution >= 4 is 23.6 Å². The molecule has 1 atom stereocenters. The Morgan fingerprint density at radius 1 is 1.03 bits per heavy atom. The van der Waals surface area contributed by atoms with Gasteiger partial charge >= 0.3 is 0 Å². The fourth-order valence-corrected chi connectivity index (χ4v) is 3.53. The van der Waals surface area contributed by atoms with Crippen molar-refractivity contribution in [2.24, 2.45) is 5.16 Å². The second-order valence-corrected chi connectivity index (χ2v) is 8.02. The van der Waals surface area contributed by atoms with E-state index in [1.807, 2.05) is 37.3 Å². The standard InChI is InChI=1S/C26H26ClNO2/c1-18-7-8-22(13-19(18)2)14-25(24-5-4-6-26(27)15-24)17-30-28-20(3)23-11-9-21(16-29)10-12-23/h4-13,15-16,25H,14,17H2,1-3H3/b28-20+. The summed E-state index contributed by atoms with van der Waals surface area (Å²) < 4.78 is 0. The van der Waals surface area contributed by atoms with E-state index in [-0.39, 0.29) is 5.92 Å². The van der Waals surface area contributed by atoms with Crippen molar-refractivity contribution in [3.8, 4) is 0 Å². The van der Waals surface area contributed by atoms with Crippen LogP contribution in [0.2, 0.25) is 5.02 Å². The minimum Gasteiger partial charge on any atom is -0.395 e. The van der Waals surface area contributed by atoms with Crippen molar-refractivity contribution in [1.82, 2.24) is 0 Å². The number of rotatable bonds is 8. The molecular weight excluding hydrogens is 394 g/mol. The van der Waals surface area contributed by atoms with Gasteiger partial charge in [0.05, 0.1) is 5.71 Å². The third-order valence-corrected chi connectivity index (χ3v) is 5.55. The molecule has 30 heavy (non-hydrogen) atoms. The summed E-state index contributed by atoms with van der Waals surface area (Å²) in [5.41, 5.74) is 7.29. The molecule has 3 aromatic carbocycles. The summed E-state index contributed by atoms with van der Waals surface area (Å²) in [6.45, 7) is 6.59. The molecule has 3 rings (SSSR count). The van der Waals surface area contributed by atoms with E-state index in [9.17, 15) is 4.79 Å². The third-order valence-electron chi connectivity index (χ3n) is 5.32. The van der Waals surface area contributed by atoms with Crippen LogP contribution >= 0.6 is 11.6 Å². The number of carbonyl (C=O) groups is 1.